The van der Waals surface area contributed by atoms with Crippen LogP contribution < -0.4 is 0 Å². The summed E-state index contributed by atoms with van der Waals surface area (Å²) in [6.07, 6.45) is -11.0. The molecule has 0 aliphatic rings. The summed E-state index contributed by atoms with van der Waals surface area (Å²) in [5, 5.41) is 0. The fourth-order valence-electron chi connectivity index (χ4n) is 1.54. The summed E-state index contributed by atoms with van der Waals surface area (Å²) in [7, 11) is 0. The molecule has 0 bridgehead atoms. The molecule has 0 heterocycles. The fourth-order valence-corrected chi connectivity index (χ4v) is 1.54. The van der Waals surface area contributed by atoms with E-state index in [1.54, 1.807) is 0 Å². The number of benzene rings is 2. The van der Waals surface area contributed by atoms with Gasteiger partial charge in [0.25, 0.3) is 0 Å². The van der Waals surface area contributed by atoms with Crippen LogP contribution in [0, 0.1) is 58.7 Å². The van der Waals surface area contributed by atoms with E-state index in [1.165, 1.54) is 0 Å². The van der Waals surface area contributed by atoms with Gasteiger partial charge in [-0.05, 0) is 0 Å². The molecule has 2 aromatic carbocycles. The van der Waals surface area contributed by atoms with Crippen LogP contribution in [0.4, 0.5) is 61.5 Å². The van der Waals surface area contributed by atoms with Crippen LogP contribution in [-0.2, 0) is 31.8 Å². The van der Waals surface area contributed by atoms with Gasteiger partial charge in [0.1, 0.15) is 0 Å². The Labute approximate surface area is 163 Å². The smallest absolute Gasteiger partial charge is 0.281 e. The van der Waals surface area contributed by atoms with Crippen molar-refractivity contribution in [1.82, 2.24) is 0 Å². The molecule has 0 aliphatic carbocycles. The van der Waals surface area contributed by atoms with E-state index < -0.39 is 70.0 Å². The van der Waals surface area contributed by atoms with Crippen molar-refractivity contribution >= 4 is 0 Å². The predicted octanol–water partition coefficient (Wildman–Crippen LogP) is 6.12. The first-order valence-electron chi connectivity index (χ1n) is 6.15. The second-order valence-corrected chi connectivity index (χ2v) is 4.51. The molecule has 0 radical (unpaired) electrons. The van der Waals surface area contributed by atoms with Crippen LogP contribution in [0.1, 0.15) is 11.1 Å². The van der Waals surface area contributed by atoms with Crippen LogP contribution in [0.25, 0.3) is 0 Å². The molecule has 0 aliphatic heterocycles. The Morgan fingerprint density at radius 2 is 0.586 bits per heavy atom. The average Bonchev–Trinajstić information content (AvgIpc) is 2.49. The molecule has 15 heteroatoms. The summed E-state index contributed by atoms with van der Waals surface area (Å²) < 4.78 is 170. The normalized spacial score (nSPS) is 11.5. The Balaban J connectivity index is 0.000000523. The van der Waals surface area contributed by atoms with Crippen molar-refractivity contribution in [3.05, 3.63) is 69.8 Å². The van der Waals surface area contributed by atoms with E-state index in [0.29, 0.717) is 0 Å². The van der Waals surface area contributed by atoms with E-state index >= 15 is 0 Å². The molecule has 156 valence electrons. The first kappa shape index (κ1) is 27.1. The minimum Gasteiger partial charge on any atom is -0.281 e. The standard InChI is InChI=1S/2C7F7.Zn/c2*8-2-1-3(9)6(11)4(5(2)10)7(12,13)14;/q2*-1;+2. The second-order valence-electron chi connectivity index (χ2n) is 4.51. The summed E-state index contributed by atoms with van der Waals surface area (Å²) in [5.74, 6) is -18.9. The molecular weight excluding hydrogens is 500 g/mol. The molecule has 0 nitrogen and oxygen atoms in total. The molecule has 2 rings (SSSR count). The van der Waals surface area contributed by atoms with Gasteiger partial charge >= 0.3 is 31.8 Å². The zero-order valence-corrected chi connectivity index (χ0v) is 16.0. The van der Waals surface area contributed by atoms with Gasteiger partial charge in [-0.1, -0.05) is 0 Å². The first-order chi connectivity index (χ1) is 12.5. The van der Waals surface area contributed by atoms with E-state index in [0.717, 1.165) is 12.1 Å². The quantitative estimate of drug-likeness (QED) is 0.177. The van der Waals surface area contributed by atoms with Gasteiger partial charge in [0, 0.05) is 34.4 Å². The molecule has 0 atom stereocenters. The summed E-state index contributed by atoms with van der Waals surface area (Å²) >= 11 is 0. The predicted molar refractivity (Wildman–Crippen MR) is 60.2 cm³/mol. The topological polar surface area (TPSA) is 0 Å². The zero-order chi connectivity index (χ0) is 22.2. The maximum Gasteiger partial charge on any atom is 2.00 e. The van der Waals surface area contributed by atoms with Crippen molar-refractivity contribution in [2.75, 3.05) is 0 Å². The zero-order valence-electron chi connectivity index (χ0n) is 13.0. The van der Waals surface area contributed by atoms with Crippen LogP contribution in [-0.4, -0.2) is 0 Å². The molecule has 0 saturated carbocycles. The Bertz CT molecular complexity index is 758. The van der Waals surface area contributed by atoms with E-state index in [1.807, 2.05) is 0 Å². The monoisotopic (exact) mass is 498 g/mol. The number of alkyl halides is 6. The Morgan fingerprint density at radius 1 is 0.414 bits per heavy atom. The maximum atomic E-state index is 12.4. The Kier molecular flexibility index (Phi) is 8.65. The maximum absolute atomic E-state index is 12.4. The van der Waals surface area contributed by atoms with Gasteiger partial charge in [-0.25, -0.2) is 17.6 Å². The molecule has 29 heavy (non-hydrogen) atoms. The van der Waals surface area contributed by atoms with Crippen molar-refractivity contribution in [1.29, 1.82) is 0 Å². The van der Waals surface area contributed by atoms with Gasteiger partial charge in [-0.3, -0.25) is 17.6 Å². The van der Waals surface area contributed by atoms with E-state index in [9.17, 15) is 61.5 Å². The summed E-state index contributed by atoms with van der Waals surface area (Å²) in [5.41, 5.74) is -5.18. The van der Waals surface area contributed by atoms with Crippen LogP contribution >= 0.6 is 0 Å². The molecule has 0 aromatic heterocycles. The van der Waals surface area contributed by atoms with Gasteiger partial charge in [-0.2, -0.15) is 26.3 Å². The third kappa shape index (κ3) is 6.03. The van der Waals surface area contributed by atoms with Crippen LogP contribution in [0.15, 0.2) is 0 Å². The molecule has 0 N–H and O–H groups in total. The minimum atomic E-state index is -5.50. The van der Waals surface area contributed by atoms with E-state index in [2.05, 4.69) is 0 Å². The molecule has 2 aromatic rings. The molecular formula is C14F14Zn. The van der Waals surface area contributed by atoms with E-state index in [-0.39, 0.29) is 19.5 Å². The van der Waals surface area contributed by atoms with Crippen molar-refractivity contribution < 1.29 is 80.9 Å². The van der Waals surface area contributed by atoms with E-state index in [4.69, 9.17) is 0 Å². The third-order valence-electron chi connectivity index (χ3n) is 2.65. The SMILES string of the molecule is Fc1[c-]c(F)c(F)c(C(F)(F)F)c1F.Fc1[c-]c(F)c(F)c(C(F)(F)F)c1F.[Zn+2]. The third-order valence-corrected chi connectivity index (χ3v) is 2.65. The average molecular weight is 500 g/mol. The van der Waals surface area contributed by atoms with Gasteiger partial charge in [-0.15, -0.1) is 12.1 Å². The van der Waals surface area contributed by atoms with Crippen LogP contribution in [0.2, 0.25) is 0 Å². The van der Waals surface area contributed by atoms with Crippen molar-refractivity contribution in [2.24, 2.45) is 0 Å². The number of rotatable bonds is 0. The molecule has 0 fully saturated rings. The minimum absolute atomic E-state index is 0. The van der Waals surface area contributed by atoms with Gasteiger partial charge < -0.3 is 0 Å². The van der Waals surface area contributed by atoms with Crippen molar-refractivity contribution in [2.45, 2.75) is 12.4 Å². The Morgan fingerprint density at radius 3 is 0.724 bits per heavy atom. The van der Waals surface area contributed by atoms with Gasteiger partial charge in [0.05, 0.1) is 23.3 Å². The summed E-state index contributed by atoms with van der Waals surface area (Å²) in [6.45, 7) is 0. The fraction of sp³-hybridized carbons (Fsp3) is 0.143. The van der Waals surface area contributed by atoms with Gasteiger partial charge in [0.2, 0.25) is 0 Å². The number of halogens is 14. The largest absolute Gasteiger partial charge is 2.00 e. The summed E-state index contributed by atoms with van der Waals surface area (Å²) in [6, 6.07) is 1.67. The van der Waals surface area contributed by atoms with Crippen molar-refractivity contribution in [3.8, 4) is 0 Å². The summed E-state index contributed by atoms with van der Waals surface area (Å²) in [4.78, 5) is 0. The molecule has 0 amide bonds. The van der Waals surface area contributed by atoms with Crippen molar-refractivity contribution in [3.63, 3.8) is 0 Å². The van der Waals surface area contributed by atoms with Crippen LogP contribution in [0.5, 0.6) is 0 Å². The van der Waals surface area contributed by atoms with Gasteiger partial charge in [0.15, 0.2) is 0 Å². The second kappa shape index (κ2) is 9.27. The molecule has 0 saturated heterocycles. The number of hydrogen-bond donors (Lipinski definition) is 0. The van der Waals surface area contributed by atoms with Crippen LogP contribution in [0.3, 0.4) is 0 Å². The Hall–Kier alpha value is -1.92. The number of hydrogen-bond acceptors (Lipinski definition) is 0. The molecule has 0 unspecified atom stereocenters. The first-order valence-corrected chi connectivity index (χ1v) is 6.15. The molecule has 0 spiro atoms.